The van der Waals surface area contributed by atoms with Crippen LogP contribution in [0.15, 0.2) is 41.1 Å². The standard InChI is InChI=1S/C17H21N3O3S/c1-20(2)15(12-7-8-24-11-12)10-18-16(21)17(22)19-13-5-4-6-14(9-13)23-3/h4-9,11,15H,10H2,1-3H3,(H,18,21)(H,19,22). The van der Waals surface area contributed by atoms with Crippen molar-refractivity contribution in [1.82, 2.24) is 10.2 Å². The lowest BCUT2D eigenvalue weighted by atomic mass is 10.1. The Labute approximate surface area is 145 Å². The highest BCUT2D eigenvalue weighted by molar-refractivity contribution is 7.07. The van der Waals surface area contributed by atoms with Crippen molar-refractivity contribution in [3.05, 3.63) is 46.7 Å². The van der Waals surface area contributed by atoms with E-state index in [1.54, 1.807) is 42.7 Å². The summed E-state index contributed by atoms with van der Waals surface area (Å²) in [7, 11) is 5.41. The number of amides is 2. The first-order valence-electron chi connectivity index (χ1n) is 7.43. The average molecular weight is 347 g/mol. The lowest BCUT2D eigenvalue weighted by Gasteiger charge is -2.23. The number of ether oxygens (including phenoxy) is 1. The van der Waals surface area contributed by atoms with Crippen LogP contribution in [0.2, 0.25) is 0 Å². The van der Waals surface area contributed by atoms with E-state index in [1.165, 1.54) is 0 Å². The van der Waals surface area contributed by atoms with Crippen molar-refractivity contribution in [2.24, 2.45) is 0 Å². The van der Waals surface area contributed by atoms with E-state index in [2.05, 4.69) is 10.6 Å². The van der Waals surface area contributed by atoms with Crippen molar-refractivity contribution in [2.75, 3.05) is 33.1 Å². The lowest BCUT2D eigenvalue weighted by Crippen LogP contribution is -2.40. The van der Waals surface area contributed by atoms with E-state index in [0.717, 1.165) is 5.56 Å². The monoisotopic (exact) mass is 347 g/mol. The van der Waals surface area contributed by atoms with Gasteiger partial charge in [-0.15, -0.1) is 0 Å². The molecule has 1 unspecified atom stereocenters. The van der Waals surface area contributed by atoms with E-state index >= 15 is 0 Å². The van der Waals surface area contributed by atoms with Crippen LogP contribution in [-0.4, -0.2) is 44.5 Å². The third-order valence-electron chi connectivity index (χ3n) is 3.54. The Morgan fingerprint density at radius 2 is 2.04 bits per heavy atom. The quantitative estimate of drug-likeness (QED) is 0.785. The molecule has 1 heterocycles. The maximum atomic E-state index is 12.0. The van der Waals surface area contributed by atoms with Gasteiger partial charge in [0.25, 0.3) is 0 Å². The van der Waals surface area contributed by atoms with Crippen LogP contribution >= 0.6 is 11.3 Å². The van der Waals surface area contributed by atoms with E-state index in [4.69, 9.17) is 4.74 Å². The predicted octanol–water partition coefficient (Wildman–Crippen LogP) is 2.11. The highest BCUT2D eigenvalue weighted by Gasteiger charge is 2.19. The third-order valence-corrected chi connectivity index (χ3v) is 4.24. The Kier molecular flexibility index (Phi) is 6.34. The SMILES string of the molecule is COc1cccc(NC(=O)C(=O)NCC(c2ccsc2)N(C)C)c1. The average Bonchev–Trinajstić information content (AvgIpc) is 3.08. The number of likely N-dealkylation sites (N-methyl/N-ethyl adjacent to an activating group) is 1. The fraction of sp³-hybridized carbons (Fsp3) is 0.294. The number of benzene rings is 1. The minimum absolute atomic E-state index is 0.0184. The molecule has 2 amide bonds. The van der Waals surface area contributed by atoms with Gasteiger partial charge in [0.15, 0.2) is 0 Å². The molecule has 1 atom stereocenters. The molecular weight excluding hydrogens is 326 g/mol. The summed E-state index contributed by atoms with van der Waals surface area (Å²) in [5.41, 5.74) is 1.62. The molecule has 0 fully saturated rings. The van der Waals surface area contributed by atoms with E-state index in [9.17, 15) is 9.59 Å². The summed E-state index contributed by atoms with van der Waals surface area (Å²) in [6.45, 7) is 0.355. The molecule has 0 spiro atoms. The number of carbonyl (C=O) groups excluding carboxylic acids is 2. The van der Waals surface area contributed by atoms with Gasteiger partial charge in [-0.3, -0.25) is 9.59 Å². The van der Waals surface area contributed by atoms with Gasteiger partial charge in [-0.05, 0) is 48.6 Å². The molecule has 2 aromatic rings. The zero-order valence-corrected chi connectivity index (χ0v) is 14.7. The van der Waals surface area contributed by atoms with E-state index < -0.39 is 11.8 Å². The summed E-state index contributed by atoms with van der Waals surface area (Å²) >= 11 is 1.60. The van der Waals surface area contributed by atoms with E-state index in [0.29, 0.717) is 18.0 Å². The zero-order valence-electron chi connectivity index (χ0n) is 13.9. The van der Waals surface area contributed by atoms with Crippen molar-refractivity contribution >= 4 is 28.8 Å². The highest BCUT2D eigenvalue weighted by atomic mass is 32.1. The predicted molar refractivity (Wildman–Crippen MR) is 95.4 cm³/mol. The van der Waals surface area contributed by atoms with Crippen LogP contribution in [0.25, 0.3) is 0 Å². The maximum absolute atomic E-state index is 12.0. The van der Waals surface area contributed by atoms with Gasteiger partial charge in [-0.25, -0.2) is 0 Å². The molecule has 0 saturated heterocycles. The van der Waals surface area contributed by atoms with Gasteiger partial charge in [0.2, 0.25) is 0 Å². The number of thiophene rings is 1. The summed E-state index contributed by atoms with van der Waals surface area (Å²) in [6.07, 6.45) is 0. The Morgan fingerprint density at radius 3 is 2.67 bits per heavy atom. The molecule has 0 aliphatic rings. The van der Waals surface area contributed by atoms with Crippen molar-refractivity contribution < 1.29 is 14.3 Å². The molecule has 7 heteroatoms. The number of anilines is 1. The summed E-state index contributed by atoms with van der Waals surface area (Å²) in [6, 6.07) is 8.88. The van der Waals surface area contributed by atoms with Crippen molar-refractivity contribution in [1.29, 1.82) is 0 Å². The summed E-state index contributed by atoms with van der Waals surface area (Å²) in [5, 5.41) is 9.27. The van der Waals surface area contributed by atoms with Crippen LogP contribution in [0.1, 0.15) is 11.6 Å². The summed E-state index contributed by atoms with van der Waals surface area (Å²) < 4.78 is 5.09. The Hall–Kier alpha value is -2.38. The third kappa shape index (κ3) is 4.81. The Morgan fingerprint density at radius 1 is 1.25 bits per heavy atom. The van der Waals surface area contributed by atoms with Gasteiger partial charge in [0.05, 0.1) is 13.2 Å². The number of carbonyl (C=O) groups is 2. The zero-order chi connectivity index (χ0) is 17.5. The lowest BCUT2D eigenvalue weighted by molar-refractivity contribution is -0.136. The van der Waals surface area contributed by atoms with Gasteiger partial charge in [0, 0.05) is 18.3 Å². The van der Waals surface area contributed by atoms with E-state index in [1.807, 2.05) is 35.8 Å². The van der Waals surface area contributed by atoms with Gasteiger partial charge >= 0.3 is 11.8 Å². The number of rotatable bonds is 6. The fourth-order valence-electron chi connectivity index (χ4n) is 2.22. The van der Waals surface area contributed by atoms with Gasteiger partial charge in [-0.1, -0.05) is 6.07 Å². The molecule has 0 saturated carbocycles. The van der Waals surface area contributed by atoms with Crippen molar-refractivity contribution in [3.8, 4) is 5.75 Å². The van der Waals surface area contributed by atoms with Crippen LogP contribution in [0, 0.1) is 0 Å². The molecule has 0 aliphatic heterocycles. The largest absolute Gasteiger partial charge is 0.497 e. The first kappa shape index (κ1) is 18.0. The molecule has 0 radical (unpaired) electrons. The van der Waals surface area contributed by atoms with Gasteiger partial charge in [0.1, 0.15) is 5.75 Å². The molecule has 0 aliphatic carbocycles. The molecule has 2 rings (SSSR count). The number of hydrogen-bond donors (Lipinski definition) is 2. The molecule has 1 aromatic heterocycles. The second-order valence-electron chi connectivity index (χ2n) is 5.43. The molecular formula is C17H21N3O3S. The molecule has 1 aromatic carbocycles. The molecule has 24 heavy (non-hydrogen) atoms. The number of methoxy groups -OCH3 is 1. The molecule has 6 nitrogen and oxygen atoms in total. The number of nitrogens with one attached hydrogen (secondary N) is 2. The van der Waals surface area contributed by atoms with Crippen LogP contribution in [0.3, 0.4) is 0 Å². The van der Waals surface area contributed by atoms with Crippen LogP contribution in [0.4, 0.5) is 5.69 Å². The van der Waals surface area contributed by atoms with E-state index in [-0.39, 0.29) is 6.04 Å². The second-order valence-corrected chi connectivity index (χ2v) is 6.21. The molecule has 2 N–H and O–H groups in total. The molecule has 0 bridgehead atoms. The van der Waals surface area contributed by atoms with Crippen LogP contribution < -0.4 is 15.4 Å². The summed E-state index contributed by atoms with van der Waals surface area (Å²) in [5.74, 6) is -0.760. The Bertz CT molecular complexity index is 686. The van der Waals surface area contributed by atoms with Crippen LogP contribution in [0.5, 0.6) is 5.75 Å². The normalized spacial score (nSPS) is 11.8. The minimum Gasteiger partial charge on any atom is -0.497 e. The first-order chi connectivity index (χ1) is 11.5. The van der Waals surface area contributed by atoms with Crippen molar-refractivity contribution in [2.45, 2.75) is 6.04 Å². The fourth-order valence-corrected chi connectivity index (χ4v) is 2.93. The minimum atomic E-state index is -0.703. The highest BCUT2D eigenvalue weighted by Crippen LogP contribution is 2.20. The topological polar surface area (TPSA) is 70.7 Å². The van der Waals surface area contributed by atoms with Gasteiger partial charge < -0.3 is 20.3 Å². The first-order valence-corrected chi connectivity index (χ1v) is 8.37. The molecule has 128 valence electrons. The number of hydrogen-bond acceptors (Lipinski definition) is 5. The smallest absolute Gasteiger partial charge is 0.313 e. The van der Waals surface area contributed by atoms with Crippen LogP contribution in [-0.2, 0) is 9.59 Å². The van der Waals surface area contributed by atoms with Gasteiger partial charge in [-0.2, -0.15) is 11.3 Å². The van der Waals surface area contributed by atoms with Crippen molar-refractivity contribution in [3.63, 3.8) is 0 Å². The Balaban J connectivity index is 1.92. The second kappa shape index (κ2) is 8.47. The maximum Gasteiger partial charge on any atom is 0.313 e. The number of nitrogens with zero attached hydrogens (tertiary/aromatic N) is 1. The summed E-state index contributed by atoms with van der Waals surface area (Å²) in [4.78, 5) is 26.0.